The topological polar surface area (TPSA) is 33.6 Å². The molecule has 0 spiro atoms. The molecule has 0 aliphatic carbocycles. The maximum Gasteiger partial charge on any atom is 0.0992 e. The van der Waals surface area contributed by atoms with Gasteiger partial charge in [0, 0.05) is 48.3 Å². The normalized spacial score (nSPS) is 11.8. The molecule has 0 N–H and O–H groups in total. The van der Waals surface area contributed by atoms with Crippen LogP contribution in [0.15, 0.2) is 152 Å². The number of fused-ring (bicyclic) bond motifs is 10. The maximum absolute atomic E-state index is 10.4. The first kappa shape index (κ1) is 26.1. The molecule has 0 atom stereocenters. The molecule has 10 rings (SSSR count). The number of para-hydroxylation sites is 4. The van der Waals surface area contributed by atoms with Gasteiger partial charge in [-0.05, 0) is 54.1 Å². The average molecular weight is 616 g/mol. The zero-order valence-electron chi connectivity index (χ0n) is 25.2. The van der Waals surface area contributed by atoms with Crippen LogP contribution in [0.1, 0.15) is 5.56 Å². The first-order chi connectivity index (χ1) is 23.3. The maximum atomic E-state index is 10.4. The summed E-state index contributed by atoms with van der Waals surface area (Å²) in [6, 6.07) is 56.4. The molecule has 0 radical (unpaired) electrons. The summed E-state index contributed by atoms with van der Waals surface area (Å²) in [6.07, 6.45) is 0. The molecule has 0 amide bonds. The third kappa shape index (κ3) is 3.72. The molecule has 0 aliphatic heterocycles. The number of aromatic nitrogens is 2. The van der Waals surface area contributed by atoms with Crippen molar-refractivity contribution in [2.45, 2.75) is 0 Å². The Labute approximate surface area is 274 Å². The number of nitrogens with zero attached hydrogens (tertiary/aromatic N) is 3. The quantitative estimate of drug-likeness (QED) is 0.195. The highest BCUT2D eigenvalue weighted by Gasteiger charge is 2.20. The summed E-state index contributed by atoms with van der Waals surface area (Å²) in [5.74, 6) is 0. The van der Waals surface area contributed by atoms with Gasteiger partial charge < -0.3 is 9.13 Å². The minimum absolute atomic E-state index is 0.629. The number of thiophene rings is 1. The fourth-order valence-electron chi connectivity index (χ4n) is 7.55. The van der Waals surface area contributed by atoms with Crippen LogP contribution in [0.3, 0.4) is 0 Å². The largest absolute Gasteiger partial charge is 0.309 e. The van der Waals surface area contributed by atoms with E-state index in [1.807, 2.05) is 23.5 Å². The molecule has 0 saturated heterocycles. The van der Waals surface area contributed by atoms with Gasteiger partial charge in [-0.15, -0.1) is 11.3 Å². The number of benzene rings is 7. The highest BCUT2D eigenvalue weighted by Crippen LogP contribution is 2.44. The van der Waals surface area contributed by atoms with Gasteiger partial charge >= 0.3 is 0 Å². The Balaban J connectivity index is 1.29. The highest BCUT2D eigenvalue weighted by atomic mass is 32.1. The van der Waals surface area contributed by atoms with Crippen molar-refractivity contribution in [1.82, 2.24) is 9.13 Å². The van der Waals surface area contributed by atoms with Crippen molar-refractivity contribution < 1.29 is 0 Å². The SMILES string of the molecule is N#Cc1cc(-c2ccccc2-n2c3ccccc3c3ccccc32)cc(-n2c3ccccc3c3ccc4c5ccccc5sc4c32)c1. The van der Waals surface area contributed by atoms with E-state index in [4.69, 9.17) is 0 Å². The van der Waals surface area contributed by atoms with Crippen LogP contribution in [-0.4, -0.2) is 9.13 Å². The van der Waals surface area contributed by atoms with E-state index in [0.717, 1.165) is 39.1 Å². The van der Waals surface area contributed by atoms with Crippen molar-refractivity contribution in [1.29, 1.82) is 5.26 Å². The van der Waals surface area contributed by atoms with E-state index >= 15 is 0 Å². The van der Waals surface area contributed by atoms with Crippen LogP contribution in [0.2, 0.25) is 0 Å². The standard InChI is InChI=1S/C43H25N3S/c44-26-27-23-28(30-11-1-6-16-37(30)46-39-18-8-2-12-31(39)32-13-3-9-19-40(32)46)25-29(24-27)45-38-17-7-4-14-33(38)35-21-22-36-34-15-5-10-20-41(34)47-43(36)42(35)45/h1-25H. The van der Waals surface area contributed by atoms with Crippen molar-refractivity contribution in [3.05, 3.63) is 157 Å². The molecule has 0 aliphatic rings. The minimum atomic E-state index is 0.629. The molecule has 3 nitrogen and oxygen atoms in total. The molecule has 7 aromatic carbocycles. The number of rotatable bonds is 3. The minimum Gasteiger partial charge on any atom is -0.309 e. The van der Waals surface area contributed by atoms with Crippen molar-refractivity contribution >= 4 is 75.1 Å². The Morgan fingerprint density at radius 3 is 1.79 bits per heavy atom. The van der Waals surface area contributed by atoms with Gasteiger partial charge in [0.1, 0.15) is 0 Å². The smallest absolute Gasteiger partial charge is 0.0992 e. The summed E-state index contributed by atoms with van der Waals surface area (Å²) in [7, 11) is 0. The number of hydrogen-bond acceptors (Lipinski definition) is 2. The summed E-state index contributed by atoms with van der Waals surface area (Å²) >= 11 is 1.84. The lowest BCUT2D eigenvalue weighted by molar-refractivity contribution is 1.17. The van der Waals surface area contributed by atoms with E-state index in [1.165, 1.54) is 47.2 Å². The molecule has 0 unspecified atom stereocenters. The molecule has 0 fully saturated rings. The molecule has 3 aromatic heterocycles. The molecule has 3 heterocycles. The van der Waals surface area contributed by atoms with E-state index in [0.29, 0.717) is 5.56 Å². The van der Waals surface area contributed by atoms with Crippen molar-refractivity contribution in [3.8, 4) is 28.6 Å². The second-order valence-corrected chi connectivity index (χ2v) is 13.1. The fraction of sp³-hybridized carbons (Fsp3) is 0. The second kappa shape index (κ2) is 9.92. The van der Waals surface area contributed by atoms with E-state index in [9.17, 15) is 5.26 Å². The Morgan fingerprint density at radius 1 is 0.489 bits per heavy atom. The van der Waals surface area contributed by atoms with Crippen LogP contribution in [0.4, 0.5) is 0 Å². The number of hydrogen-bond donors (Lipinski definition) is 0. The van der Waals surface area contributed by atoms with E-state index in [1.54, 1.807) is 0 Å². The molecule has 0 bridgehead atoms. The second-order valence-electron chi connectivity index (χ2n) is 12.1. The third-order valence-electron chi connectivity index (χ3n) is 9.52. The Bertz CT molecular complexity index is 2880. The predicted molar refractivity (Wildman–Crippen MR) is 198 cm³/mol. The lowest BCUT2D eigenvalue weighted by Gasteiger charge is -2.16. The highest BCUT2D eigenvalue weighted by molar-refractivity contribution is 7.26. The predicted octanol–water partition coefficient (Wildman–Crippen LogP) is 11.8. The van der Waals surface area contributed by atoms with Crippen molar-refractivity contribution in [3.63, 3.8) is 0 Å². The van der Waals surface area contributed by atoms with Gasteiger partial charge in [-0.3, -0.25) is 0 Å². The Hall–Kier alpha value is -6.15. The van der Waals surface area contributed by atoms with Crippen molar-refractivity contribution in [2.75, 3.05) is 0 Å². The zero-order valence-corrected chi connectivity index (χ0v) is 26.0. The van der Waals surface area contributed by atoms with Gasteiger partial charge in [0.2, 0.25) is 0 Å². The zero-order chi connectivity index (χ0) is 31.1. The summed E-state index contributed by atoms with van der Waals surface area (Å²) < 4.78 is 7.27. The average Bonchev–Trinajstić information content (AvgIpc) is 3.79. The Kier molecular flexibility index (Phi) is 5.51. The first-order valence-corrected chi connectivity index (χ1v) is 16.6. The fourth-order valence-corrected chi connectivity index (χ4v) is 8.79. The van der Waals surface area contributed by atoms with Gasteiger partial charge in [-0.2, -0.15) is 5.26 Å². The third-order valence-corrected chi connectivity index (χ3v) is 10.7. The Morgan fingerprint density at radius 2 is 1.06 bits per heavy atom. The summed E-state index contributed by atoms with van der Waals surface area (Å²) in [6.45, 7) is 0. The van der Waals surface area contributed by atoms with Crippen LogP contribution in [0.25, 0.3) is 86.3 Å². The molecule has 0 saturated carbocycles. The van der Waals surface area contributed by atoms with Gasteiger partial charge in [-0.25, -0.2) is 0 Å². The van der Waals surface area contributed by atoms with Crippen LogP contribution >= 0.6 is 11.3 Å². The lowest BCUT2D eigenvalue weighted by atomic mass is 10.00. The van der Waals surface area contributed by atoms with E-state index < -0.39 is 0 Å². The molecule has 10 aromatic rings. The first-order valence-electron chi connectivity index (χ1n) is 15.8. The van der Waals surface area contributed by atoms with Crippen LogP contribution in [-0.2, 0) is 0 Å². The van der Waals surface area contributed by atoms with E-state index in [2.05, 4.69) is 155 Å². The monoisotopic (exact) mass is 615 g/mol. The van der Waals surface area contributed by atoms with Crippen LogP contribution < -0.4 is 0 Å². The van der Waals surface area contributed by atoms with Gasteiger partial charge in [0.25, 0.3) is 0 Å². The number of nitriles is 1. The van der Waals surface area contributed by atoms with Gasteiger partial charge in [-0.1, -0.05) is 103 Å². The molecule has 218 valence electrons. The summed E-state index contributed by atoms with van der Waals surface area (Å²) in [5.41, 5.74) is 9.40. The van der Waals surface area contributed by atoms with Gasteiger partial charge in [0.05, 0.1) is 44.1 Å². The molecule has 47 heavy (non-hydrogen) atoms. The molecular formula is C43H25N3S. The lowest BCUT2D eigenvalue weighted by Crippen LogP contribution is -1.99. The molecular weight excluding hydrogens is 591 g/mol. The van der Waals surface area contributed by atoms with Gasteiger partial charge in [0.15, 0.2) is 0 Å². The summed E-state index contributed by atoms with van der Waals surface area (Å²) in [5, 5.41) is 17.8. The van der Waals surface area contributed by atoms with Crippen LogP contribution in [0, 0.1) is 11.3 Å². The summed E-state index contributed by atoms with van der Waals surface area (Å²) in [4.78, 5) is 0. The molecule has 4 heteroatoms. The van der Waals surface area contributed by atoms with E-state index in [-0.39, 0.29) is 0 Å². The van der Waals surface area contributed by atoms with Crippen molar-refractivity contribution in [2.24, 2.45) is 0 Å². The van der Waals surface area contributed by atoms with Crippen LogP contribution in [0.5, 0.6) is 0 Å².